The van der Waals surface area contributed by atoms with Crippen LogP contribution in [-0.4, -0.2) is 42.7 Å². The number of hydrogen-bond acceptors (Lipinski definition) is 7. The Morgan fingerprint density at radius 3 is 2.71 bits per heavy atom. The van der Waals surface area contributed by atoms with Crippen LogP contribution in [0.2, 0.25) is 0 Å². The van der Waals surface area contributed by atoms with E-state index < -0.39 is 21.7 Å². The molecule has 0 atom stereocenters. The quantitative estimate of drug-likeness (QED) is 0.521. The largest absolute Gasteiger partial charge is 0.478 e. The number of nitrogens with one attached hydrogen (secondary N) is 1. The number of hydrogen-bond donors (Lipinski definition) is 2. The summed E-state index contributed by atoms with van der Waals surface area (Å²) < 4.78 is 29.5. The van der Waals surface area contributed by atoms with E-state index in [1.165, 1.54) is 35.2 Å². The standard InChI is InChI=1S/C23H15N3O6S2/c1-34(30,31)15-6-7-17-19(11-15)33-23-25-21(27)16(20(24)26(17)23)10-14-5-8-18(32-14)12-3-2-4-13(9-12)22(28)29/h2-11,24H,1H3,(H,28,29)/b16-10+,24-20?. The fourth-order valence-corrected chi connectivity index (χ4v) is 5.34. The number of amidine groups is 2. The van der Waals surface area contributed by atoms with E-state index in [4.69, 9.17) is 9.83 Å². The summed E-state index contributed by atoms with van der Waals surface area (Å²) in [6.45, 7) is 0. The number of amides is 1. The van der Waals surface area contributed by atoms with Crippen molar-refractivity contribution in [3.63, 3.8) is 0 Å². The zero-order chi connectivity index (χ0) is 24.2. The average Bonchev–Trinajstić information content (AvgIpc) is 3.40. The van der Waals surface area contributed by atoms with Crippen molar-refractivity contribution in [2.75, 3.05) is 11.2 Å². The zero-order valence-electron chi connectivity index (χ0n) is 17.5. The van der Waals surface area contributed by atoms with E-state index in [0.717, 1.165) is 18.0 Å². The van der Waals surface area contributed by atoms with Crippen molar-refractivity contribution in [1.82, 2.24) is 0 Å². The molecule has 0 saturated carbocycles. The van der Waals surface area contributed by atoms with Crippen LogP contribution in [0.3, 0.4) is 0 Å². The minimum absolute atomic E-state index is 0.00424. The third-order valence-corrected chi connectivity index (χ3v) is 7.32. The number of carboxylic acid groups (broad SMARTS) is 1. The van der Waals surface area contributed by atoms with Crippen molar-refractivity contribution in [3.05, 3.63) is 71.5 Å². The van der Waals surface area contributed by atoms with Gasteiger partial charge in [0.25, 0.3) is 5.91 Å². The summed E-state index contributed by atoms with van der Waals surface area (Å²) >= 11 is 1.12. The second-order valence-corrected chi connectivity index (χ2v) is 10.6. The van der Waals surface area contributed by atoms with Crippen LogP contribution in [0.25, 0.3) is 17.4 Å². The number of fused-ring (bicyclic) bond motifs is 3. The molecule has 0 unspecified atom stereocenters. The minimum Gasteiger partial charge on any atom is -0.478 e. The summed E-state index contributed by atoms with van der Waals surface area (Å²) in [5.41, 5.74) is 1.24. The van der Waals surface area contributed by atoms with Crippen LogP contribution in [0.1, 0.15) is 16.1 Å². The molecule has 2 aromatic carbocycles. The van der Waals surface area contributed by atoms with Crippen molar-refractivity contribution < 1.29 is 27.5 Å². The van der Waals surface area contributed by atoms with Crippen LogP contribution >= 0.6 is 11.8 Å². The van der Waals surface area contributed by atoms with Crippen molar-refractivity contribution in [2.45, 2.75) is 9.79 Å². The van der Waals surface area contributed by atoms with Gasteiger partial charge in [-0.2, -0.15) is 4.99 Å². The molecule has 2 N–H and O–H groups in total. The average molecular weight is 494 g/mol. The first-order chi connectivity index (χ1) is 16.1. The molecule has 0 spiro atoms. The molecule has 9 nitrogen and oxygen atoms in total. The van der Waals surface area contributed by atoms with Crippen molar-refractivity contribution in [3.8, 4) is 11.3 Å². The number of anilines is 1. The van der Waals surface area contributed by atoms with Gasteiger partial charge in [-0.25, -0.2) is 13.2 Å². The number of aliphatic imine (C=N–C) groups is 1. The molecule has 0 saturated heterocycles. The third-order valence-electron chi connectivity index (χ3n) is 5.21. The molecule has 11 heteroatoms. The summed E-state index contributed by atoms with van der Waals surface area (Å²) in [4.78, 5) is 30.2. The zero-order valence-corrected chi connectivity index (χ0v) is 19.1. The number of nitrogens with zero attached hydrogens (tertiary/aromatic N) is 2. The Morgan fingerprint density at radius 2 is 1.97 bits per heavy atom. The fraction of sp³-hybridized carbons (Fsp3) is 0.0435. The molecule has 1 amide bonds. The Bertz CT molecular complexity index is 1580. The number of benzene rings is 2. The Labute approximate surface area is 197 Å². The number of thioether (sulfide) groups is 1. The highest BCUT2D eigenvalue weighted by Crippen LogP contribution is 2.44. The maximum Gasteiger partial charge on any atom is 0.335 e. The van der Waals surface area contributed by atoms with E-state index in [9.17, 15) is 23.1 Å². The molecule has 3 heterocycles. The minimum atomic E-state index is -3.41. The number of carbonyl (C=O) groups excluding carboxylic acids is 1. The molecule has 3 aromatic rings. The van der Waals surface area contributed by atoms with Crippen LogP contribution in [0, 0.1) is 5.41 Å². The highest BCUT2D eigenvalue weighted by molar-refractivity contribution is 8.15. The Hall–Kier alpha value is -3.96. The van der Waals surface area contributed by atoms with Crippen LogP contribution in [0.4, 0.5) is 5.69 Å². The van der Waals surface area contributed by atoms with E-state index in [1.54, 1.807) is 30.3 Å². The maximum absolute atomic E-state index is 12.7. The van der Waals surface area contributed by atoms with Crippen LogP contribution in [-0.2, 0) is 14.6 Å². The number of carbonyl (C=O) groups is 2. The van der Waals surface area contributed by atoms with E-state index in [1.807, 2.05) is 0 Å². The fourth-order valence-electron chi connectivity index (χ4n) is 3.56. The van der Waals surface area contributed by atoms with Gasteiger partial charge in [0, 0.05) is 16.7 Å². The van der Waals surface area contributed by atoms with Crippen molar-refractivity contribution in [2.24, 2.45) is 4.99 Å². The first-order valence-corrected chi connectivity index (χ1v) is 12.5. The molecule has 0 fully saturated rings. The van der Waals surface area contributed by atoms with E-state index >= 15 is 0 Å². The highest BCUT2D eigenvalue weighted by atomic mass is 32.2. The predicted molar refractivity (Wildman–Crippen MR) is 127 cm³/mol. The van der Waals surface area contributed by atoms with E-state index in [0.29, 0.717) is 27.7 Å². The SMILES string of the molecule is CS(=O)(=O)c1ccc2c(c1)SC1=NC(=O)/C(=C/c3ccc(-c4cccc(C(=O)O)c4)o3)C(=N)N12. The molecular formula is C23H15N3O6S2. The third kappa shape index (κ3) is 3.74. The molecule has 2 aliphatic heterocycles. The van der Waals surface area contributed by atoms with Gasteiger partial charge in [-0.3, -0.25) is 15.1 Å². The van der Waals surface area contributed by atoms with Gasteiger partial charge in [-0.05, 0) is 60.3 Å². The van der Waals surface area contributed by atoms with Crippen LogP contribution in [0.5, 0.6) is 0 Å². The molecule has 0 aliphatic carbocycles. The summed E-state index contributed by atoms with van der Waals surface area (Å²) in [7, 11) is -3.41. The Balaban J connectivity index is 1.48. The first-order valence-electron chi connectivity index (χ1n) is 9.81. The lowest BCUT2D eigenvalue weighted by Gasteiger charge is -2.24. The Kier molecular flexibility index (Phi) is 5.03. The number of rotatable bonds is 4. The lowest BCUT2D eigenvalue weighted by atomic mass is 10.1. The molecule has 5 rings (SSSR count). The normalized spacial score (nSPS) is 16.4. The molecule has 2 aliphatic rings. The number of furan rings is 1. The van der Waals surface area contributed by atoms with Crippen LogP contribution < -0.4 is 4.90 Å². The topological polar surface area (TPSA) is 141 Å². The number of carboxylic acids is 1. The lowest BCUT2D eigenvalue weighted by Crippen LogP contribution is -2.39. The molecule has 34 heavy (non-hydrogen) atoms. The maximum atomic E-state index is 12.7. The summed E-state index contributed by atoms with van der Waals surface area (Å²) in [5.74, 6) is -1.09. The predicted octanol–water partition coefficient (Wildman–Crippen LogP) is 3.92. The van der Waals surface area contributed by atoms with E-state index in [-0.39, 0.29) is 27.0 Å². The van der Waals surface area contributed by atoms with Gasteiger partial charge in [-0.1, -0.05) is 12.1 Å². The van der Waals surface area contributed by atoms with Gasteiger partial charge in [0.05, 0.1) is 21.7 Å². The second kappa shape index (κ2) is 7.82. The first kappa shape index (κ1) is 21.9. The van der Waals surface area contributed by atoms with Crippen molar-refractivity contribution >= 4 is 56.2 Å². The molecule has 0 bridgehead atoms. The van der Waals surface area contributed by atoms with Gasteiger partial charge >= 0.3 is 5.97 Å². The summed E-state index contributed by atoms with van der Waals surface area (Å²) in [6.07, 6.45) is 2.52. The Morgan fingerprint density at radius 1 is 1.18 bits per heavy atom. The van der Waals surface area contributed by atoms with Gasteiger partial charge in [0.15, 0.2) is 15.0 Å². The number of aromatic carboxylic acids is 1. The highest BCUT2D eigenvalue weighted by Gasteiger charge is 2.38. The smallest absolute Gasteiger partial charge is 0.335 e. The van der Waals surface area contributed by atoms with Gasteiger partial charge in [0.2, 0.25) is 0 Å². The second-order valence-electron chi connectivity index (χ2n) is 7.53. The molecule has 170 valence electrons. The molecule has 1 aromatic heterocycles. The van der Waals surface area contributed by atoms with E-state index in [2.05, 4.69) is 4.99 Å². The lowest BCUT2D eigenvalue weighted by molar-refractivity contribution is -0.113. The van der Waals surface area contributed by atoms with Crippen LogP contribution in [0.15, 0.2) is 79.4 Å². The van der Waals surface area contributed by atoms with Gasteiger partial charge < -0.3 is 9.52 Å². The molecule has 0 radical (unpaired) electrons. The number of sulfone groups is 1. The molecular weight excluding hydrogens is 478 g/mol. The summed E-state index contributed by atoms with van der Waals surface area (Å²) in [6, 6.07) is 14.1. The van der Waals surface area contributed by atoms with Crippen molar-refractivity contribution in [1.29, 1.82) is 5.41 Å². The van der Waals surface area contributed by atoms with Gasteiger partial charge in [0.1, 0.15) is 17.4 Å². The van der Waals surface area contributed by atoms with Gasteiger partial charge in [-0.15, -0.1) is 0 Å². The summed E-state index contributed by atoms with van der Waals surface area (Å²) in [5, 5.41) is 18.1. The monoisotopic (exact) mass is 493 g/mol.